The summed E-state index contributed by atoms with van der Waals surface area (Å²) in [5, 5.41) is 13.7. The Balaban J connectivity index is 1.99. The van der Waals surface area contributed by atoms with E-state index in [1.807, 2.05) is 36.4 Å². The van der Waals surface area contributed by atoms with Gasteiger partial charge in [-0.2, -0.15) is 0 Å². The minimum absolute atomic E-state index is 0.0305. The molecule has 1 amide bonds. The molecule has 22 heavy (non-hydrogen) atoms. The Kier molecular flexibility index (Phi) is 3.53. The van der Waals surface area contributed by atoms with Crippen molar-refractivity contribution in [2.75, 3.05) is 5.32 Å². The van der Waals surface area contributed by atoms with E-state index in [1.165, 1.54) is 18.3 Å². The summed E-state index contributed by atoms with van der Waals surface area (Å²) in [4.78, 5) is 27.3. The summed E-state index contributed by atoms with van der Waals surface area (Å²) in [6, 6.07) is 16.2. The molecule has 0 spiro atoms. The minimum atomic E-state index is -1.23. The monoisotopic (exact) mass is 292 g/mol. The number of rotatable bonds is 3. The van der Waals surface area contributed by atoms with Crippen molar-refractivity contribution in [1.29, 1.82) is 0 Å². The van der Waals surface area contributed by atoms with Crippen molar-refractivity contribution in [2.45, 2.75) is 0 Å². The van der Waals surface area contributed by atoms with E-state index in [-0.39, 0.29) is 11.3 Å². The first-order chi connectivity index (χ1) is 10.7. The normalized spacial score (nSPS) is 10.4. The Morgan fingerprint density at radius 3 is 2.55 bits per heavy atom. The van der Waals surface area contributed by atoms with E-state index < -0.39 is 11.9 Å². The molecule has 2 N–H and O–H groups in total. The molecule has 0 unspecified atom stereocenters. The molecule has 5 nitrogen and oxygen atoms in total. The third-order valence-electron chi connectivity index (χ3n) is 3.29. The third kappa shape index (κ3) is 2.52. The van der Waals surface area contributed by atoms with Gasteiger partial charge < -0.3 is 10.4 Å². The van der Waals surface area contributed by atoms with Crippen molar-refractivity contribution < 1.29 is 14.7 Å². The highest BCUT2D eigenvalue weighted by Gasteiger charge is 2.18. The van der Waals surface area contributed by atoms with Crippen LogP contribution >= 0.6 is 0 Å². The number of carbonyl (C=O) groups excluding carboxylic acids is 1. The van der Waals surface area contributed by atoms with Crippen LogP contribution in [0.4, 0.5) is 5.69 Å². The van der Waals surface area contributed by atoms with Crippen molar-refractivity contribution in [3.8, 4) is 0 Å². The number of carboxylic acids is 1. The topological polar surface area (TPSA) is 79.3 Å². The molecule has 1 heterocycles. The fraction of sp³-hybridized carbons (Fsp3) is 0. The van der Waals surface area contributed by atoms with Crippen molar-refractivity contribution in [3.63, 3.8) is 0 Å². The summed E-state index contributed by atoms with van der Waals surface area (Å²) >= 11 is 0. The van der Waals surface area contributed by atoms with Gasteiger partial charge in [0.1, 0.15) is 0 Å². The number of anilines is 1. The van der Waals surface area contributed by atoms with Crippen molar-refractivity contribution in [3.05, 3.63) is 72.1 Å². The molecular formula is C17H12N2O3. The average Bonchev–Trinajstić information content (AvgIpc) is 2.55. The van der Waals surface area contributed by atoms with Crippen molar-refractivity contribution >= 4 is 28.3 Å². The maximum Gasteiger partial charge on any atom is 0.355 e. The lowest BCUT2D eigenvalue weighted by molar-refractivity contribution is 0.0686. The van der Waals surface area contributed by atoms with Gasteiger partial charge in [-0.1, -0.05) is 36.4 Å². The number of amides is 1. The van der Waals surface area contributed by atoms with Gasteiger partial charge in [-0.3, -0.25) is 4.79 Å². The number of pyridine rings is 1. The Bertz CT molecular complexity index is 869. The Hall–Kier alpha value is -3.21. The molecule has 108 valence electrons. The largest absolute Gasteiger partial charge is 0.476 e. The van der Waals surface area contributed by atoms with E-state index in [2.05, 4.69) is 10.3 Å². The standard InChI is InChI=1S/C17H12N2O3/c20-16(13-8-4-10-18-15(13)17(21)22)19-14-9-3-6-11-5-1-2-7-12(11)14/h1-10H,(H,19,20)(H,21,22). The predicted molar refractivity (Wildman–Crippen MR) is 83.1 cm³/mol. The van der Waals surface area contributed by atoms with Crippen LogP contribution in [0, 0.1) is 0 Å². The second kappa shape index (κ2) is 5.65. The second-order valence-electron chi connectivity index (χ2n) is 4.69. The van der Waals surface area contributed by atoms with E-state index in [9.17, 15) is 9.59 Å². The van der Waals surface area contributed by atoms with Crippen LogP contribution in [0.5, 0.6) is 0 Å². The zero-order chi connectivity index (χ0) is 15.5. The van der Waals surface area contributed by atoms with Crippen LogP contribution < -0.4 is 5.32 Å². The Morgan fingerprint density at radius 2 is 1.73 bits per heavy atom. The molecule has 0 radical (unpaired) electrons. The molecule has 1 aromatic heterocycles. The van der Waals surface area contributed by atoms with Crippen LogP contribution in [0.3, 0.4) is 0 Å². The van der Waals surface area contributed by atoms with Gasteiger partial charge in [0.05, 0.1) is 5.56 Å². The first-order valence-electron chi connectivity index (χ1n) is 6.64. The van der Waals surface area contributed by atoms with E-state index in [1.54, 1.807) is 6.07 Å². The van der Waals surface area contributed by atoms with Crippen LogP contribution in [0.25, 0.3) is 10.8 Å². The van der Waals surface area contributed by atoms with E-state index in [4.69, 9.17) is 5.11 Å². The van der Waals surface area contributed by atoms with E-state index in [0.29, 0.717) is 5.69 Å². The minimum Gasteiger partial charge on any atom is -0.476 e. The molecule has 0 aliphatic heterocycles. The number of carboxylic acid groups (broad SMARTS) is 1. The maximum absolute atomic E-state index is 12.4. The smallest absolute Gasteiger partial charge is 0.355 e. The van der Waals surface area contributed by atoms with Gasteiger partial charge in [-0.25, -0.2) is 9.78 Å². The first kappa shape index (κ1) is 13.8. The summed E-state index contributed by atoms with van der Waals surface area (Å²) in [6.45, 7) is 0. The summed E-state index contributed by atoms with van der Waals surface area (Å²) < 4.78 is 0. The second-order valence-corrected chi connectivity index (χ2v) is 4.69. The van der Waals surface area contributed by atoms with Crippen LogP contribution in [-0.2, 0) is 0 Å². The van der Waals surface area contributed by atoms with E-state index >= 15 is 0 Å². The van der Waals surface area contributed by atoms with Gasteiger partial charge in [0.2, 0.25) is 0 Å². The molecular weight excluding hydrogens is 280 g/mol. The van der Waals surface area contributed by atoms with Gasteiger partial charge in [-0.05, 0) is 23.6 Å². The van der Waals surface area contributed by atoms with Crippen molar-refractivity contribution in [1.82, 2.24) is 4.98 Å². The van der Waals surface area contributed by atoms with Gasteiger partial charge >= 0.3 is 5.97 Å². The van der Waals surface area contributed by atoms with Crippen LogP contribution in [0.2, 0.25) is 0 Å². The lowest BCUT2D eigenvalue weighted by Gasteiger charge is -2.09. The van der Waals surface area contributed by atoms with Crippen LogP contribution in [0.15, 0.2) is 60.8 Å². The average molecular weight is 292 g/mol. The summed E-state index contributed by atoms with van der Waals surface area (Å²) in [5.74, 6) is -1.73. The van der Waals surface area contributed by atoms with Crippen LogP contribution in [0.1, 0.15) is 20.8 Å². The molecule has 0 bridgehead atoms. The quantitative estimate of drug-likeness (QED) is 0.777. The zero-order valence-electron chi connectivity index (χ0n) is 11.5. The number of nitrogens with one attached hydrogen (secondary N) is 1. The molecule has 0 saturated carbocycles. The zero-order valence-corrected chi connectivity index (χ0v) is 11.5. The summed E-state index contributed by atoms with van der Waals surface area (Å²) in [5.41, 5.74) is 0.395. The molecule has 0 saturated heterocycles. The molecule has 3 rings (SSSR count). The lowest BCUT2D eigenvalue weighted by Crippen LogP contribution is -2.17. The fourth-order valence-corrected chi connectivity index (χ4v) is 2.28. The van der Waals surface area contributed by atoms with Crippen molar-refractivity contribution in [2.24, 2.45) is 0 Å². The Morgan fingerprint density at radius 1 is 0.955 bits per heavy atom. The molecule has 3 aromatic rings. The molecule has 0 aliphatic carbocycles. The number of aromatic carboxylic acids is 1. The molecule has 2 aromatic carbocycles. The number of benzene rings is 2. The lowest BCUT2D eigenvalue weighted by atomic mass is 10.1. The Labute approximate surface area is 126 Å². The van der Waals surface area contributed by atoms with Gasteiger partial charge in [0, 0.05) is 17.3 Å². The molecule has 0 atom stereocenters. The maximum atomic E-state index is 12.4. The molecule has 0 fully saturated rings. The van der Waals surface area contributed by atoms with Gasteiger partial charge in [-0.15, -0.1) is 0 Å². The third-order valence-corrected chi connectivity index (χ3v) is 3.29. The highest BCUT2D eigenvalue weighted by Crippen LogP contribution is 2.23. The summed E-state index contributed by atoms with van der Waals surface area (Å²) in [6.07, 6.45) is 1.35. The number of fused-ring (bicyclic) bond motifs is 1. The number of hydrogen-bond donors (Lipinski definition) is 2. The molecule has 0 aliphatic rings. The number of hydrogen-bond acceptors (Lipinski definition) is 3. The number of aromatic nitrogens is 1. The predicted octanol–water partition coefficient (Wildman–Crippen LogP) is 3.19. The molecule has 5 heteroatoms. The summed E-state index contributed by atoms with van der Waals surface area (Å²) in [7, 11) is 0. The fourth-order valence-electron chi connectivity index (χ4n) is 2.28. The SMILES string of the molecule is O=C(Nc1cccc2ccccc12)c1cccnc1C(=O)O. The highest BCUT2D eigenvalue weighted by molar-refractivity contribution is 6.12. The highest BCUT2D eigenvalue weighted by atomic mass is 16.4. The van der Waals surface area contributed by atoms with Gasteiger partial charge in [0.15, 0.2) is 5.69 Å². The number of carbonyl (C=O) groups is 2. The van der Waals surface area contributed by atoms with E-state index in [0.717, 1.165) is 10.8 Å². The van der Waals surface area contributed by atoms with Gasteiger partial charge in [0.25, 0.3) is 5.91 Å². The number of nitrogens with zero attached hydrogens (tertiary/aromatic N) is 1. The van der Waals surface area contributed by atoms with Crippen LogP contribution in [-0.4, -0.2) is 22.0 Å². The first-order valence-corrected chi connectivity index (χ1v) is 6.64.